The molecule has 16 heavy (non-hydrogen) atoms. The van der Waals surface area contributed by atoms with Crippen LogP contribution < -0.4 is 5.32 Å². The van der Waals surface area contributed by atoms with Crippen molar-refractivity contribution in [1.29, 1.82) is 0 Å². The third-order valence-corrected chi connectivity index (χ3v) is 3.18. The number of carbonyl (C=O) groups excluding carboxylic acids is 1. The molecule has 0 aromatic rings. The van der Waals surface area contributed by atoms with E-state index in [2.05, 4.69) is 19.2 Å². The summed E-state index contributed by atoms with van der Waals surface area (Å²) < 4.78 is 5.32. The molecule has 1 fully saturated rings. The number of hydrogen-bond acceptors (Lipinski definition) is 3. The van der Waals surface area contributed by atoms with Crippen LogP contribution >= 0.6 is 0 Å². The molecule has 3 nitrogen and oxygen atoms in total. The zero-order chi connectivity index (χ0) is 12.1. The summed E-state index contributed by atoms with van der Waals surface area (Å²) in [6.45, 7) is 9.80. The molecule has 94 valence electrons. The topological polar surface area (TPSA) is 38.3 Å². The van der Waals surface area contributed by atoms with E-state index in [-0.39, 0.29) is 12.0 Å². The van der Waals surface area contributed by atoms with E-state index in [1.165, 1.54) is 0 Å². The van der Waals surface area contributed by atoms with Gasteiger partial charge in [0.15, 0.2) is 5.78 Å². The summed E-state index contributed by atoms with van der Waals surface area (Å²) in [6.07, 6.45) is 2.04. The highest BCUT2D eigenvalue weighted by Crippen LogP contribution is 2.14. The van der Waals surface area contributed by atoms with Gasteiger partial charge in [0, 0.05) is 25.2 Å². The Hall–Kier alpha value is -0.410. The largest absolute Gasteiger partial charge is 0.381 e. The van der Waals surface area contributed by atoms with Gasteiger partial charge in [0.05, 0.1) is 6.04 Å². The number of carbonyl (C=O) groups is 1. The van der Waals surface area contributed by atoms with E-state index in [0.29, 0.717) is 17.7 Å². The normalized spacial score (nSPS) is 20.4. The molecule has 0 aromatic carbocycles. The fourth-order valence-electron chi connectivity index (χ4n) is 2.08. The number of ether oxygens (including phenoxy) is 1. The van der Waals surface area contributed by atoms with Crippen molar-refractivity contribution in [3.05, 3.63) is 0 Å². The molecule has 1 atom stereocenters. The van der Waals surface area contributed by atoms with Gasteiger partial charge in [-0.15, -0.1) is 0 Å². The monoisotopic (exact) mass is 227 g/mol. The Balaban J connectivity index is 2.53. The summed E-state index contributed by atoms with van der Waals surface area (Å²) in [4.78, 5) is 12.1. The van der Waals surface area contributed by atoms with Crippen LogP contribution in [0.2, 0.25) is 0 Å². The van der Waals surface area contributed by atoms with Gasteiger partial charge < -0.3 is 10.1 Å². The zero-order valence-corrected chi connectivity index (χ0v) is 11.0. The molecule has 0 aromatic heterocycles. The molecule has 1 N–H and O–H groups in total. The number of Topliss-reactive ketones (excluding diaryl/α,β-unsaturated/α-hetero) is 1. The Kier molecular flexibility index (Phi) is 5.42. The molecule has 3 heteroatoms. The summed E-state index contributed by atoms with van der Waals surface area (Å²) in [5, 5.41) is 3.51. The van der Waals surface area contributed by atoms with E-state index in [1.807, 2.05) is 13.8 Å². The van der Waals surface area contributed by atoms with E-state index in [1.54, 1.807) is 0 Å². The number of rotatable bonds is 5. The molecule has 0 radical (unpaired) electrons. The van der Waals surface area contributed by atoms with E-state index in [0.717, 1.165) is 26.1 Å². The molecule has 0 spiro atoms. The highest BCUT2D eigenvalue weighted by Gasteiger charge is 2.27. The molecular formula is C13H25NO2. The van der Waals surface area contributed by atoms with Crippen LogP contribution in [0.5, 0.6) is 0 Å². The standard InChI is InChI=1S/C13H25NO2/c1-9(2)12(13(15)10(3)4)14-11-5-7-16-8-6-11/h9-12,14H,5-8H2,1-4H3. The SMILES string of the molecule is CC(C)C(=O)C(NC1CCOCC1)C(C)C. The lowest BCUT2D eigenvalue weighted by Gasteiger charge is -2.30. The maximum Gasteiger partial charge on any atom is 0.152 e. The Labute approximate surface area is 98.9 Å². The van der Waals surface area contributed by atoms with Crippen LogP contribution in [0.4, 0.5) is 0 Å². The lowest BCUT2D eigenvalue weighted by atomic mass is 9.91. The van der Waals surface area contributed by atoms with Crippen LogP contribution in [-0.4, -0.2) is 31.1 Å². The first-order chi connectivity index (χ1) is 7.52. The summed E-state index contributed by atoms with van der Waals surface area (Å²) in [7, 11) is 0. The molecule has 1 saturated heterocycles. The van der Waals surface area contributed by atoms with Crippen molar-refractivity contribution in [2.75, 3.05) is 13.2 Å². The molecule has 1 heterocycles. The van der Waals surface area contributed by atoms with Crippen molar-refractivity contribution in [1.82, 2.24) is 5.32 Å². The van der Waals surface area contributed by atoms with Crippen LogP contribution in [0.25, 0.3) is 0 Å². The third-order valence-electron chi connectivity index (χ3n) is 3.18. The van der Waals surface area contributed by atoms with Crippen molar-refractivity contribution in [2.45, 2.75) is 52.6 Å². The number of hydrogen-bond donors (Lipinski definition) is 1. The average Bonchev–Trinajstić information content (AvgIpc) is 2.26. The molecule has 1 unspecified atom stereocenters. The number of ketones is 1. The quantitative estimate of drug-likeness (QED) is 0.780. The first-order valence-corrected chi connectivity index (χ1v) is 6.40. The maximum atomic E-state index is 12.1. The van der Waals surface area contributed by atoms with Gasteiger partial charge >= 0.3 is 0 Å². The number of nitrogens with one attached hydrogen (secondary N) is 1. The van der Waals surface area contributed by atoms with E-state index in [4.69, 9.17) is 4.74 Å². The van der Waals surface area contributed by atoms with E-state index in [9.17, 15) is 4.79 Å². The molecule has 1 aliphatic rings. The van der Waals surface area contributed by atoms with E-state index < -0.39 is 0 Å². The Morgan fingerprint density at radius 2 is 1.75 bits per heavy atom. The zero-order valence-electron chi connectivity index (χ0n) is 11.0. The Morgan fingerprint density at radius 1 is 1.19 bits per heavy atom. The first kappa shape index (κ1) is 13.7. The second kappa shape index (κ2) is 6.36. The lowest BCUT2D eigenvalue weighted by Crippen LogP contribution is -2.49. The van der Waals surface area contributed by atoms with E-state index >= 15 is 0 Å². The van der Waals surface area contributed by atoms with Gasteiger partial charge in [0.2, 0.25) is 0 Å². The molecule has 0 amide bonds. The van der Waals surface area contributed by atoms with Crippen LogP contribution in [-0.2, 0) is 9.53 Å². The lowest BCUT2D eigenvalue weighted by molar-refractivity contribution is -0.125. The minimum absolute atomic E-state index is 0.00287. The van der Waals surface area contributed by atoms with Gasteiger partial charge in [-0.1, -0.05) is 27.7 Å². The fraction of sp³-hybridized carbons (Fsp3) is 0.923. The Bertz CT molecular complexity index is 220. The maximum absolute atomic E-state index is 12.1. The second-order valence-corrected chi connectivity index (χ2v) is 5.33. The van der Waals surface area contributed by atoms with Gasteiger partial charge in [-0.25, -0.2) is 0 Å². The highest BCUT2D eigenvalue weighted by molar-refractivity contribution is 5.86. The van der Waals surface area contributed by atoms with Gasteiger partial charge in [-0.05, 0) is 18.8 Å². The summed E-state index contributed by atoms with van der Waals surface area (Å²) in [6, 6.07) is 0.451. The predicted octanol–water partition coefficient (Wildman–Crippen LogP) is 2.00. The van der Waals surface area contributed by atoms with Crippen molar-refractivity contribution >= 4 is 5.78 Å². The van der Waals surface area contributed by atoms with Crippen LogP contribution in [0.15, 0.2) is 0 Å². The molecule has 0 bridgehead atoms. The van der Waals surface area contributed by atoms with Gasteiger partial charge in [-0.3, -0.25) is 4.79 Å². The summed E-state index contributed by atoms with van der Waals surface area (Å²) >= 11 is 0. The Morgan fingerprint density at radius 3 is 2.19 bits per heavy atom. The first-order valence-electron chi connectivity index (χ1n) is 6.40. The molecule has 1 aliphatic heterocycles. The van der Waals surface area contributed by atoms with Crippen molar-refractivity contribution in [3.63, 3.8) is 0 Å². The van der Waals surface area contributed by atoms with Crippen LogP contribution in [0, 0.1) is 11.8 Å². The predicted molar refractivity (Wildman–Crippen MR) is 65.4 cm³/mol. The van der Waals surface area contributed by atoms with Crippen LogP contribution in [0.3, 0.4) is 0 Å². The second-order valence-electron chi connectivity index (χ2n) is 5.33. The minimum Gasteiger partial charge on any atom is -0.381 e. The van der Waals surface area contributed by atoms with Gasteiger partial charge in [0.25, 0.3) is 0 Å². The summed E-state index contributed by atoms with van der Waals surface area (Å²) in [5.74, 6) is 0.805. The van der Waals surface area contributed by atoms with Crippen LogP contribution in [0.1, 0.15) is 40.5 Å². The fourth-order valence-corrected chi connectivity index (χ4v) is 2.08. The molecule has 0 aliphatic carbocycles. The van der Waals surface area contributed by atoms with Crippen molar-refractivity contribution in [2.24, 2.45) is 11.8 Å². The van der Waals surface area contributed by atoms with Gasteiger partial charge in [0.1, 0.15) is 0 Å². The molecule has 1 rings (SSSR count). The minimum atomic E-state index is 0.00287. The highest BCUT2D eigenvalue weighted by atomic mass is 16.5. The summed E-state index contributed by atoms with van der Waals surface area (Å²) in [5.41, 5.74) is 0. The average molecular weight is 227 g/mol. The smallest absolute Gasteiger partial charge is 0.152 e. The van der Waals surface area contributed by atoms with Crippen molar-refractivity contribution in [3.8, 4) is 0 Å². The third kappa shape index (κ3) is 3.87. The van der Waals surface area contributed by atoms with Gasteiger partial charge in [-0.2, -0.15) is 0 Å². The van der Waals surface area contributed by atoms with Crippen molar-refractivity contribution < 1.29 is 9.53 Å². The molecular weight excluding hydrogens is 202 g/mol. The molecule has 0 saturated carbocycles.